The second kappa shape index (κ2) is 2.95. The molecule has 68 valence electrons. The van der Waals surface area contributed by atoms with Crippen LogP contribution in [0, 0.1) is 17.8 Å². The molecular formula is C9H14O2S. The largest absolute Gasteiger partial charge is 0.481 e. The summed E-state index contributed by atoms with van der Waals surface area (Å²) in [5.41, 5.74) is 0. The fraction of sp³-hybridized carbons (Fsp3) is 0.889. The lowest BCUT2D eigenvalue weighted by Crippen LogP contribution is -2.27. The molecule has 2 nitrogen and oxygen atoms in total. The molecule has 2 rings (SSSR count). The second-order valence-corrected chi connectivity index (χ2v) is 5.03. The molecule has 0 spiro atoms. The van der Waals surface area contributed by atoms with Crippen LogP contribution in [0.4, 0.5) is 0 Å². The van der Waals surface area contributed by atoms with E-state index in [1.807, 2.05) is 11.8 Å². The van der Waals surface area contributed by atoms with Crippen molar-refractivity contribution in [3.8, 4) is 0 Å². The Morgan fingerprint density at radius 1 is 1.42 bits per heavy atom. The minimum atomic E-state index is -0.568. The maximum Gasteiger partial charge on any atom is 0.306 e. The number of hydrogen-bond donors (Lipinski definition) is 1. The average Bonchev–Trinajstić information content (AvgIpc) is 2.60. The number of rotatable bonds is 2. The molecule has 2 saturated carbocycles. The summed E-state index contributed by atoms with van der Waals surface area (Å²) in [7, 11) is 0. The molecule has 0 aromatic rings. The quantitative estimate of drug-likeness (QED) is 0.715. The van der Waals surface area contributed by atoms with Crippen molar-refractivity contribution >= 4 is 17.7 Å². The molecular weight excluding hydrogens is 172 g/mol. The van der Waals surface area contributed by atoms with Crippen LogP contribution in [0.1, 0.15) is 19.3 Å². The molecule has 0 aromatic heterocycles. The molecule has 0 saturated heterocycles. The van der Waals surface area contributed by atoms with E-state index in [-0.39, 0.29) is 5.92 Å². The van der Waals surface area contributed by atoms with E-state index in [0.717, 1.165) is 6.42 Å². The van der Waals surface area contributed by atoms with Crippen LogP contribution in [0.25, 0.3) is 0 Å². The maximum absolute atomic E-state index is 10.8. The van der Waals surface area contributed by atoms with Gasteiger partial charge >= 0.3 is 5.97 Å². The third kappa shape index (κ3) is 1.15. The van der Waals surface area contributed by atoms with Crippen molar-refractivity contribution in [1.82, 2.24) is 0 Å². The fourth-order valence-electron chi connectivity index (χ4n) is 2.84. The Morgan fingerprint density at radius 2 is 2.17 bits per heavy atom. The van der Waals surface area contributed by atoms with Crippen molar-refractivity contribution in [2.75, 3.05) is 6.26 Å². The SMILES string of the molecule is CS[C@@H]1C[C@@H]2C[C@@H]1[C@@H](C(=O)O)C2. The summed E-state index contributed by atoms with van der Waals surface area (Å²) >= 11 is 1.85. The van der Waals surface area contributed by atoms with Gasteiger partial charge in [0.2, 0.25) is 0 Å². The van der Waals surface area contributed by atoms with Gasteiger partial charge in [0.25, 0.3) is 0 Å². The molecule has 2 aliphatic carbocycles. The number of carboxylic acids is 1. The van der Waals surface area contributed by atoms with Crippen molar-refractivity contribution in [1.29, 1.82) is 0 Å². The van der Waals surface area contributed by atoms with Crippen molar-refractivity contribution < 1.29 is 9.90 Å². The van der Waals surface area contributed by atoms with Gasteiger partial charge in [0.15, 0.2) is 0 Å². The van der Waals surface area contributed by atoms with Gasteiger partial charge in [-0.2, -0.15) is 11.8 Å². The van der Waals surface area contributed by atoms with Gasteiger partial charge in [0.1, 0.15) is 0 Å². The van der Waals surface area contributed by atoms with Crippen LogP contribution in [-0.2, 0) is 4.79 Å². The highest BCUT2D eigenvalue weighted by Crippen LogP contribution is 2.52. The summed E-state index contributed by atoms with van der Waals surface area (Å²) in [4.78, 5) is 10.8. The normalized spacial score (nSPS) is 45.1. The summed E-state index contributed by atoms with van der Waals surface area (Å²) < 4.78 is 0. The van der Waals surface area contributed by atoms with Crippen LogP contribution in [0.5, 0.6) is 0 Å². The van der Waals surface area contributed by atoms with Gasteiger partial charge in [-0.25, -0.2) is 0 Å². The third-order valence-corrected chi connectivity index (χ3v) is 4.52. The smallest absolute Gasteiger partial charge is 0.306 e. The van der Waals surface area contributed by atoms with Gasteiger partial charge in [-0.3, -0.25) is 4.79 Å². The van der Waals surface area contributed by atoms with Crippen LogP contribution >= 0.6 is 11.8 Å². The lowest BCUT2D eigenvalue weighted by atomic mass is 9.88. The van der Waals surface area contributed by atoms with Crippen LogP contribution in [0.15, 0.2) is 0 Å². The Balaban J connectivity index is 2.09. The number of fused-ring (bicyclic) bond motifs is 2. The molecule has 0 radical (unpaired) electrons. The zero-order valence-electron chi connectivity index (χ0n) is 7.19. The molecule has 2 fully saturated rings. The highest BCUT2D eigenvalue weighted by Gasteiger charge is 2.48. The minimum Gasteiger partial charge on any atom is -0.481 e. The number of hydrogen-bond acceptors (Lipinski definition) is 2. The van der Waals surface area contributed by atoms with Crippen molar-refractivity contribution in [2.24, 2.45) is 17.8 Å². The van der Waals surface area contributed by atoms with Gasteiger partial charge in [-0.05, 0) is 37.4 Å². The van der Waals surface area contributed by atoms with Crippen LogP contribution in [0.3, 0.4) is 0 Å². The number of carboxylic acid groups (broad SMARTS) is 1. The van der Waals surface area contributed by atoms with E-state index in [4.69, 9.17) is 5.11 Å². The Kier molecular flexibility index (Phi) is 2.07. The summed E-state index contributed by atoms with van der Waals surface area (Å²) in [5.74, 6) is 0.596. The van der Waals surface area contributed by atoms with Gasteiger partial charge in [-0.1, -0.05) is 0 Å². The van der Waals surface area contributed by atoms with Crippen LogP contribution in [0.2, 0.25) is 0 Å². The molecule has 0 amide bonds. The monoisotopic (exact) mass is 186 g/mol. The minimum absolute atomic E-state index is 0.0267. The van der Waals surface area contributed by atoms with Crippen molar-refractivity contribution in [3.05, 3.63) is 0 Å². The first-order valence-electron chi connectivity index (χ1n) is 4.48. The van der Waals surface area contributed by atoms with Crippen molar-refractivity contribution in [3.63, 3.8) is 0 Å². The van der Waals surface area contributed by atoms with Gasteiger partial charge in [-0.15, -0.1) is 0 Å². The lowest BCUT2D eigenvalue weighted by Gasteiger charge is -2.24. The van der Waals surface area contributed by atoms with Crippen molar-refractivity contribution in [2.45, 2.75) is 24.5 Å². The third-order valence-electron chi connectivity index (χ3n) is 3.37. The maximum atomic E-state index is 10.8. The summed E-state index contributed by atoms with van der Waals surface area (Å²) in [5, 5.41) is 9.57. The Morgan fingerprint density at radius 3 is 2.67 bits per heavy atom. The zero-order valence-corrected chi connectivity index (χ0v) is 8.01. The molecule has 0 heterocycles. The molecule has 1 N–H and O–H groups in total. The van der Waals surface area contributed by atoms with Crippen LogP contribution in [-0.4, -0.2) is 22.6 Å². The second-order valence-electron chi connectivity index (χ2n) is 3.96. The van der Waals surface area contributed by atoms with Gasteiger partial charge in [0.05, 0.1) is 5.92 Å². The first-order chi connectivity index (χ1) is 5.72. The van der Waals surface area contributed by atoms with E-state index in [9.17, 15) is 4.79 Å². The summed E-state index contributed by atoms with van der Waals surface area (Å²) in [6.45, 7) is 0. The van der Waals surface area contributed by atoms with E-state index in [1.54, 1.807) is 0 Å². The number of thioether (sulfide) groups is 1. The molecule has 3 heteroatoms. The van der Waals surface area contributed by atoms with Gasteiger partial charge in [0, 0.05) is 5.25 Å². The first-order valence-corrected chi connectivity index (χ1v) is 5.76. The standard InChI is InChI=1S/C9H14O2S/c1-12-8-4-5-2-6(8)7(3-5)9(10)11/h5-8H,2-4H2,1H3,(H,10,11)/t5-,6-,7+,8-/m1/s1. The molecule has 4 atom stereocenters. The molecule has 0 aromatic carbocycles. The number of aliphatic carboxylic acids is 1. The molecule has 2 bridgehead atoms. The van der Waals surface area contributed by atoms with E-state index in [0.29, 0.717) is 17.1 Å². The Bertz CT molecular complexity index is 205. The summed E-state index contributed by atoms with van der Waals surface area (Å²) in [6, 6.07) is 0. The van der Waals surface area contributed by atoms with E-state index in [1.165, 1.54) is 12.8 Å². The predicted molar refractivity (Wildman–Crippen MR) is 49.3 cm³/mol. The Labute approximate surface area is 76.7 Å². The lowest BCUT2D eigenvalue weighted by molar-refractivity contribution is -0.143. The van der Waals surface area contributed by atoms with Crippen LogP contribution < -0.4 is 0 Å². The molecule has 0 unspecified atom stereocenters. The number of carbonyl (C=O) groups is 1. The molecule has 12 heavy (non-hydrogen) atoms. The predicted octanol–water partition coefficient (Wildman–Crippen LogP) is 1.85. The molecule has 0 aliphatic heterocycles. The van der Waals surface area contributed by atoms with E-state index >= 15 is 0 Å². The van der Waals surface area contributed by atoms with Gasteiger partial charge < -0.3 is 5.11 Å². The molecule has 2 aliphatic rings. The highest BCUT2D eigenvalue weighted by molar-refractivity contribution is 7.99. The average molecular weight is 186 g/mol. The topological polar surface area (TPSA) is 37.3 Å². The first kappa shape index (κ1) is 8.42. The van der Waals surface area contributed by atoms with E-state index < -0.39 is 5.97 Å². The highest BCUT2D eigenvalue weighted by atomic mass is 32.2. The Hall–Kier alpha value is -0.180. The van der Waals surface area contributed by atoms with E-state index in [2.05, 4.69) is 6.26 Å². The summed E-state index contributed by atoms with van der Waals surface area (Å²) in [6.07, 6.45) is 5.47. The fourth-order valence-corrected chi connectivity index (χ4v) is 3.96. The zero-order chi connectivity index (χ0) is 8.72.